The average molecular weight is 1080 g/mol. The number of alkyl halides is 3. The number of ketones is 3. The first kappa shape index (κ1) is 55.0. The number of hydrogen-bond donors (Lipinski definition) is 0. The maximum Gasteiger partial charge on any atom is 0.416 e. The van der Waals surface area contributed by atoms with Gasteiger partial charge >= 0.3 is 24.1 Å². The SMILES string of the molecule is COC(=O)C1=C(C)C(c2ccc(F)cc2)C(=O)/C1=C\c1cccs1.COC(=O)C1=C(C)C(c2cccc(C(F)(F)F)c2)C(=O)/C1=C\c1cccs1.COC(=O)C1=C(C)C(c2ccccc2Cl)C(=O)/C1=C\c1ccco1. The van der Waals surface area contributed by atoms with Gasteiger partial charge < -0.3 is 18.6 Å². The van der Waals surface area contributed by atoms with Crippen LogP contribution in [-0.2, 0) is 49.2 Å². The summed E-state index contributed by atoms with van der Waals surface area (Å²) in [6.45, 7) is 5.07. The molecule has 17 heteroatoms. The van der Waals surface area contributed by atoms with E-state index in [-0.39, 0.29) is 45.2 Å². The van der Waals surface area contributed by atoms with Crippen LogP contribution < -0.4 is 0 Å². The Morgan fingerprint density at radius 2 is 1.05 bits per heavy atom. The summed E-state index contributed by atoms with van der Waals surface area (Å²) in [6.07, 6.45) is 1.85. The Hall–Kier alpha value is -7.79. The summed E-state index contributed by atoms with van der Waals surface area (Å²) in [5.74, 6) is -4.57. The van der Waals surface area contributed by atoms with Gasteiger partial charge in [-0.05, 0) is 132 Å². The number of halogens is 5. The van der Waals surface area contributed by atoms with Gasteiger partial charge in [-0.1, -0.05) is 72.3 Å². The van der Waals surface area contributed by atoms with E-state index in [4.69, 9.17) is 30.2 Å². The fourth-order valence-electron chi connectivity index (χ4n) is 9.03. The van der Waals surface area contributed by atoms with Crippen LogP contribution >= 0.6 is 34.3 Å². The number of carbonyl (C=O) groups excluding carboxylic acids is 6. The first-order valence-electron chi connectivity index (χ1n) is 22.7. The Kier molecular flexibility index (Phi) is 17.3. The molecule has 3 aliphatic carbocycles. The highest BCUT2D eigenvalue weighted by Gasteiger charge is 2.43. The number of rotatable bonds is 9. The lowest BCUT2D eigenvalue weighted by atomic mass is 9.90. The minimum Gasteiger partial charge on any atom is -0.465 e. The number of methoxy groups -OCH3 is 3. The van der Waals surface area contributed by atoms with Crippen molar-refractivity contribution in [3.63, 3.8) is 0 Å². The monoisotopic (exact) mass is 1080 g/mol. The maximum atomic E-state index is 13.2. The van der Waals surface area contributed by atoms with Gasteiger partial charge in [0.2, 0.25) is 0 Å². The number of Topliss-reactive ketones (excluding diaryl/α,β-unsaturated/α-hetero) is 3. The van der Waals surface area contributed by atoms with Crippen molar-refractivity contribution in [3.05, 3.63) is 225 Å². The van der Waals surface area contributed by atoms with E-state index in [0.717, 1.165) is 21.9 Å². The Balaban J connectivity index is 0.000000164. The van der Waals surface area contributed by atoms with Crippen LogP contribution in [0, 0.1) is 5.82 Å². The molecule has 384 valence electrons. The van der Waals surface area contributed by atoms with Gasteiger partial charge in [-0.2, -0.15) is 13.2 Å². The van der Waals surface area contributed by atoms with Gasteiger partial charge in [-0.3, -0.25) is 14.4 Å². The summed E-state index contributed by atoms with van der Waals surface area (Å²) in [5, 5.41) is 4.21. The smallest absolute Gasteiger partial charge is 0.416 e. The number of ether oxygens (including phenoxy) is 3. The molecule has 3 aromatic heterocycles. The van der Waals surface area contributed by atoms with Crippen LogP contribution in [0.25, 0.3) is 18.2 Å². The molecule has 0 radical (unpaired) electrons. The largest absolute Gasteiger partial charge is 0.465 e. The number of benzene rings is 3. The van der Waals surface area contributed by atoms with Crippen LogP contribution in [-0.4, -0.2) is 56.6 Å². The lowest BCUT2D eigenvalue weighted by molar-refractivity contribution is -0.138. The fourth-order valence-corrected chi connectivity index (χ4v) is 10.6. The van der Waals surface area contributed by atoms with Crippen LogP contribution in [0.5, 0.6) is 0 Å². The molecular formula is C58H45ClF4O10S2. The maximum absolute atomic E-state index is 13.2. The molecule has 0 N–H and O–H groups in total. The van der Waals surface area contributed by atoms with Crippen LogP contribution in [0.4, 0.5) is 17.6 Å². The van der Waals surface area contributed by atoms with Gasteiger partial charge in [0.25, 0.3) is 0 Å². The lowest BCUT2D eigenvalue weighted by Gasteiger charge is -2.14. The summed E-state index contributed by atoms with van der Waals surface area (Å²) in [6, 6.07) is 28.3. The second-order valence-corrected chi connectivity index (χ2v) is 19.3. The van der Waals surface area contributed by atoms with E-state index in [1.165, 1.54) is 74.5 Å². The third-order valence-electron chi connectivity index (χ3n) is 12.5. The van der Waals surface area contributed by atoms with Crippen LogP contribution in [0.3, 0.4) is 0 Å². The van der Waals surface area contributed by atoms with Crippen LogP contribution in [0.2, 0.25) is 5.02 Å². The minimum atomic E-state index is -4.52. The Labute approximate surface area is 441 Å². The van der Waals surface area contributed by atoms with Crippen molar-refractivity contribution in [2.45, 2.75) is 44.7 Å². The van der Waals surface area contributed by atoms with E-state index in [0.29, 0.717) is 49.8 Å². The molecule has 0 fully saturated rings. The molecule has 75 heavy (non-hydrogen) atoms. The van der Waals surface area contributed by atoms with Crippen LogP contribution in [0.15, 0.2) is 181 Å². The quantitative estimate of drug-likeness (QED) is 0.0594. The van der Waals surface area contributed by atoms with Crippen molar-refractivity contribution in [1.82, 2.24) is 0 Å². The second kappa shape index (κ2) is 23.6. The highest BCUT2D eigenvalue weighted by Crippen LogP contribution is 2.45. The first-order chi connectivity index (χ1) is 35.8. The third kappa shape index (κ3) is 11.8. The molecule has 0 saturated heterocycles. The van der Waals surface area contributed by atoms with E-state index in [2.05, 4.69) is 0 Å². The summed E-state index contributed by atoms with van der Waals surface area (Å²) >= 11 is 9.12. The van der Waals surface area contributed by atoms with Crippen molar-refractivity contribution < 1.29 is 65.0 Å². The molecule has 3 aromatic carbocycles. The van der Waals surface area contributed by atoms with Gasteiger partial charge in [0.05, 0.1) is 67.6 Å². The van der Waals surface area contributed by atoms with Gasteiger partial charge in [0.1, 0.15) is 11.6 Å². The highest BCUT2D eigenvalue weighted by molar-refractivity contribution is 7.11. The molecule has 0 saturated carbocycles. The van der Waals surface area contributed by atoms with Crippen molar-refractivity contribution in [2.24, 2.45) is 0 Å². The molecule has 6 aromatic rings. The molecule has 3 atom stereocenters. The van der Waals surface area contributed by atoms with Gasteiger partial charge in [-0.15, -0.1) is 22.7 Å². The molecule has 0 spiro atoms. The molecule has 3 heterocycles. The first-order valence-corrected chi connectivity index (χ1v) is 24.9. The number of hydrogen-bond acceptors (Lipinski definition) is 12. The van der Waals surface area contributed by atoms with Crippen molar-refractivity contribution in [3.8, 4) is 0 Å². The van der Waals surface area contributed by atoms with Crippen LogP contribution in [0.1, 0.15) is 76.3 Å². The van der Waals surface area contributed by atoms with Gasteiger partial charge in [-0.25, -0.2) is 18.8 Å². The summed E-state index contributed by atoms with van der Waals surface area (Å²) in [4.78, 5) is 77.3. The summed E-state index contributed by atoms with van der Waals surface area (Å²) in [7, 11) is 3.79. The van der Waals surface area contributed by atoms with E-state index in [1.54, 1.807) is 93.6 Å². The van der Waals surface area contributed by atoms with E-state index in [1.807, 2.05) is 29.0 Å². The average Bonchev–Trinajstić information content (AvgIpc) is 4.28. The van der Waals surface area contributed by atoms with Crippen molar-refractivity contribution >= 4 is 87.8 Å². The number of esters is 3. The standard InChI is InChI=1S/C20H15F3O3S.C19H15ClO4.C19H15FO3S/c1-11-16(12-5-3-6-13(9-12)20(21,22)23)18(24)15(17(11)19(25)26-2)10-14-7-4-8-27-14;1-11-16(13-7-3-4-8-15(13)20)18(21)14(17(11)19(22)23-2)10-12-6-5-9-24-12;1-11-16(12-5-7-13(20)8-6-12)18(21)15(17(11)19(22)23-2)10-14-4-3-9-24-14/h3-10,16H,1-2H3;2*3-10,16H,1-2H3/b15-10-;14-10-;15-10-. The molecule has 0 amide bonds. The molecule has 0 aliphatic heterocycles. The molecule has 3 unspecified atom stereocenters. The van der Waals surface area contributed by atoms with Crippen molar-refractivity contribution in [1.29, 1.82) is 0 Å². The third-order valence-corrected chi connectivity index (χ3v) is 14.5. The highest BCUT2D eigenvalue weighted by atomic mass is 35.5. The number of furan rings is 1. The predicted molar refractivity (Wildman–Crippen MR) is 278 cm³/mol. The van der Waals surface area contributed by atoms with E-state index in [9.17, 15) is 46.3 Å². The minimum absolute atomic E-state index is 0.110. The zero-order chi connectivity index (χ0) is 54.3. The fraction of sp³-hybridized carbons (Fsp3) is 0.172. The lowest BCUT2D eigenvalue weighted by Crippen LogP contribution is -2.12. The molecule has 0 bridgehead atoms. The molecule has 10 nitrogen and oxygen atoms in total. The summed E-state index contributed by atoms with van der Waals surface area (Å²) < 4.78 is 72.1. The molecular weight excluding hydrogens is 1030 g/mol. The van der Waals surface area contributed by atoms with Gasteiger partial charge in [0.15, 0.2) is 17.3 Å². The summed E-state index contributed by atoms with van der Waals surface area (Å²) in [5.41, 5.74) is 3.78. The molecule has 9 rings (SSSR count). The van der Waals surface area contributed by atoms with E-state index >= 15 is 0 Å². The zero-order valence-electron chi connectivity index (χ0n) is 40.9. The zero-order valence-corrected chi connectivity index (χ0v) is 43.3. The van der Waals surface area contributed by atoms with Gasteiger partial charge in [0, 0.05) is 31.5 Å². The normalized spacial score (nSPS) is 19.2. The van der Waals surface area contributed by atoms with E-state index < -0.39 is 53.2 Å². The topological polar surface area (TPSA) is 143 Å². The Bertz CT molecular complexity index is 3380. The second-order valence-electron chi connectivity index (χ2n) is 17.0. The predicted octanol–water partition coefficient (Wildman–Crippen LogP) is 13.3. The number of allylic oxidation sites excluding steroid dienone is 3. The number of thiophene rings is 2. The van der Waals surface area contributed by atoms with Crippen molar-refractivity contribution in [2.75, 3.05) is 21.3 Å². The molecule has 3 aliphatic rings. The Morgan fingerprint density at radius 1 is 0.573 bits per heavy atom. The Morgan fingerprint density at radius 3 is 1.51 bits per heavy atom. The number of carbonyl (C=O) groups is 6.